The van der Waals surface area contributed by atoms with Crippen molar-refractivity contribution < 1.29 is 9.59 Å². The molecule has 104 valence electrons. The molecule has 1 aliphatic heterocycles. The maximum Gasteiger partial charge on any atom is 0.242 e. The molecule has 2 unspecified atom stereocenters. The predicted molar refractivity (Wildman–Crippen MR) is 70.6 cm³/mol. The summed E-state index contributed by atoms with van der Waals surface area (Å²) in [6, 6.07) is 0.133. The van der Waals surface area contributed by atoms with Crippen LogP contribution in [0.5, 0.6) is 0 Å². The summed E-state index contributed by atoms with van der Waals surface area (Å²) in [5, 5.41) is 0. The third-order valence-corrected chi connectivity index (χ3v) is 4.23. The normalized spacial score (nSPS) is 25.0. The van der Waals surface area contributed by atoms with Crippen LogP contribution in [-0.4, -0.2) is 34.8 Å². The minimum Gasteiger partial charge on any atom is -0.369 e. The second kappa shape index (κ2) is 5.69. The molecule has 4 N–H and O–H groups in total. The van der Waals surface area contributed by atoms with E-state index in [1.807, 2.05) is 20.8 Å². The van der Waals surface area contributed by atoms with Gasteiger partial charge in [-0.2, -0.15) is 0 Å². The molecule has 0 aromatic heterocycles. The van der Waals surface area contributed by atoms with Crippen molar-refractivity contribution in [3.05, 3.63) is 0 Å². The highest BCUT2D eigenvalue weighted by molar-refractivity contribution is 5.87. The van der Waals surface area contributed by atoms with Crippen molar-refractivity contribution in [1.82, 2.24) is 4.90 Å². The van der Waals surface area contributed by atoms with Gasteiger partial charge in [0.2, 0.25) is 11.8 Å². The molecular formula is C13H25N3O2. The first kappa shape index (κ1) is 15.0. The Bertz CT molecular complexity index is 326. The molecule has 1 fully saturated rings. The highest BCUT2D eigenvalue weighted by Crippen LogP contribution is 2.25. The highest BCUT2D eigenvalue weighted by atomic mass is 16.2. The lowest BCUT2D eigenvalue weighted by Crippen LogP contribution is -2.59. The van der Waals surface area contributed by atoms with Crippen molar-refractivity contribution in [2.75, 3.05) is 6.54 Å². The Morgan fingerprint density at radius 3 is 2.28 bits per heavy atom. The number of piperidine rings is 1. The molecule has 1 saturated heterocycles. The first-order valence-corrected chi connectivity index (χ1v) is 6.75. The summed E-state index contributed by atoms with van der Waals surface area (Å²) in [7, 11) is 0. The number of amides is 2. The first-order valence-electron chi connectivity index (χ1n) is 6.75. The van der Waals surface area contributed by atoms with Crippen molar-refractivity contribution >= 4 is 11.8 Å². The largest absolute Gasteiger partial charge is 0.369 e. The van der Waals surface area contributed by atoms with E-state index in [9.17, 15) is 9.59 Å². The summed E-state index contributed by atoms with van der Waals surface area (Å²) in [5.74, 6) is -0.607. The number of carbonyl (C=O) groups excluding carboxylic acids is 2. The first-order chi connectivity index (χ1) is 8.35. The fraction of sp³-hybridized carbons (Fsp3) is 0.846. The van der Waals surface area contributed by atoms with Crippen LogP contribution in [0.3, 0.4) is 0 Å². The van der Waals surface area contributed by atoms with Gasteiger partial charge in [-0.25, -0.2) is 0 Å². The van der Waals surface area contributed by atoms with Gasteiger partial charge in [0, 0.05) is 12.6 Å². The molecule has 1 rings (SSSR count). The van der Waals surface area contributed by atoms with Gasteiger partial charge < -0.3 is 16.4 Å². The monoisotopic (exact) mass is 255 g/mol. The van der Waals surface area contributed by atoms with Crippen molar-refractivity contribution in [3.63, 3.8) is 0 Å². The lowest BCUT2D eigenvalue weighted by atomic mass is 9.87. The molecular weight excluding hydrogens is 230 g/mol. The number of nitrogens with zero attached hydrogens (tertiary/aromatic N) is 1. The zero-order valence-corrected chi connectivity index (χ0v) is 11.6. The average molecular weight is 255 g/mol. The van der Waals surface area contributed by atoms with Gasteiger partial charge in [0.05, 0.1) is 11.5 Å². The lowest BCUT2D eigenvalue weighted by molar-refractivity contribution is -0.143. The minimum atomic E-state index is -0.812. The van der Waals surface area contributed by atoms with Crippen molar-refractivity contribution in [3.8, 4) is 0 Å². The summed E-state index contributed by atoms with van der Waals surface area (Å²) in [4.78, 5) is 25.5. The van der Waals surface area contributed by atoms with Crippen LogP contribution in [-0.2, 0) is 9.59 Å². The molecule has 0 saturated carbocycles. The summed E-state index contributed by atoms with van der Waals surface area (Å²) in [6.45, 7) is 6.25. The van der Waals surface area contributed by atoms with E-state index in [-0.39, 0.29) is 23.8 Å². The van der Waals surface area contributed by atoms with Crippen molar-refractivity contribution in [2.24, 2.45) is 17.4 Å². The van der Waals surface area contributed by atoms with Crippen LogP contribution in [0.25, 0.3) is 0 Å². The van der Waals surface area contributed by atoms with E-state index in [1.54, 1.807) is 4.90 Å². The van der Waals surface area contributed by atoms with Crippen LogP contribution >= 0.6 is 0 Å². The second-order valence-electron chi connectivity index (χ2n) is 5.35. The van der Waals surface area contributed by atoms with Gasteiger partial charge in [-0.15, -0.1) is 0 Å². The second-order valence-corrected chi connectivity index (χ2v) is 5.35. The molecule has 0 aromatic carbocycles. The number of hydrogen-bond donors (Lipinski definition) is 2. The molecule has 0 aromatic rings. The van der Waals surface area contributed by atoms with Crippen molar-refractivity contribution in [2.45, 2.75) is 58.0 Å². The van der Waals surface area contributed by atoms with Gasteiger partial charge >= 0.3 is 0 Å². The zero-order valence-electron chi connectivity index (χ0n) is 11.6. The Balaban J connectivity index is 2.85. The van der Waals surface area contributed by atoms with Gasteiger partial charge in [0.25, 0.3) is 0 Å². The quantitative estimate of drug-likeness (QED) is 0.771. The third kappa shape index (κ3) is 2.83. The maximum absolute atomic E-state index is 12.5. The average Bonchev–Trinajstić information content (AvgIpc) is 2.37. The molecule has 0 spiro atoms. The van der Waals surface area contributed by atoms with Crippen LogP contribution in [0.2, 0.25) is 0 Å². The Labute approximate surface area is 109 Å². The fourth-order valence-electron chi connectivity index (χ4n) is 2.46. The molecule has 18 heavy (non-hydrogen) atoms. The molecule has 0 radical (unpaired) electrons. The summed E-state index contributed by atoms with van der Waals surface area (Å²) < 4.78 is 0. The van der Waals surface area contributed by atoms with Crippen LogP contribution in [0.15, 0.2) is 0 Å². The lowest BCUT2D eigenvalue weighted by Gasteiger charge is -2.41. The highest BCUT2D eigenvalue weighted by Gasteiger charge is 2.39. The van der Waals surface area contributed by atoms with Crippen molar-refractivity contribution in [1.29, 1.82) is 0 Å². The summed E-state index contributed by atoms with van der Waals surface area (Å²) >= 11 is 0. The van der Waals surface area contributed by atoms with Crippen LogP contribution in [0, 0.1) is 5.92 Å². The molecule has 2 amide bonds. The maximum atomic E-state index is 12.5. The predicted octanol–water partition coefficient (Wildman–Crippen LogP) is 0.616. The van der Waals surface area contributed by atoms with Gasteiger partial charge in [0.15, 0.2) is 0 Å². The molecule has 1 heterocycles. The van der Waals surface area contributed by atoms with Gasteiger partial charge in [-0.05, 0) is 32.6 Å². The van der Waals surface area contributed by atoms with Gasteiger partial charge in [0.1, 0.15) is 0 Å². The SMILES string of the molecule is CCC(N)(CC)C(=O)N1CC(C(N)=O)CCC1C. The number of carbonyl (C=O) groups is 2. The summed E-state index contributed by atoms with van der Waals surface area (Å²) in [6.07, 6.45) is 2.78. The number of nitrogens with two attached hydrogens (primary N) is 2. The molecule has 0 aliphatic carbocycles. The van der Waals surface area contributed by atoms with E-state index in [0.29, 0.717) is 19.4 Å². The van der Waals surface area contributed by atoms with E-state index in [0.717, 1.165) is 12.8 Å². The Morgan fingerprint density at radius 1 is 1.28 bits per heavy atom. The van der Waals surface area contributed by atoms with E-state index >= 15 is 0 Å². The van der Waals surface area contributed by atoms with Crippen LogP contribution < -0.4 is 11.5 Å². The zero-order chi connectivity index (χ0) is 13.9. The molecule has 5 heteroatoms. The molecule has 2 atom stereocenters. The van der Waals surface area contributed by atoms with E-state index in [2.05, 4.69) is 0 Å². The standard InChI is InChI=1S/C13H25N3O2/c1-4-13(15,5-2)12(18)16-8-10(11(14)17)7-6-9(16)3/h9-10H,4-8,15H2,1-3H3,(H2,14,17). The molecule has 5 nitrogen and oxygen atoms in total. The minimum absolute atomic E-state index is 0.0500. The smallest absolute Gasteiger partial charge is 0.242 e. The fourth-order valence-corrected chi connectivity index (χ4v) is 2.46. The molecule has 1 aliphatic rings. The Hall–Kier alpha value is -1.10. The Kier molecular flexibility index (Phi) is 4.73. The van der Waals surface area contributed by atoms with E-state index in [1.165, 1.54) is 0 Å². The Morgan fingerprint density at radius 2 is 1.83 bits per heavy atom. The topological polar surface area (TPSA) is 89.4 Å². The van der Waals surface area contributed by atoms with Gasteiger partial charge in [-0.3, -0.25) is 9.59 Å². The van der Waals surface area contributed by atoms with Crippen LogP contribution in [0.4, 0.5) is 0 Å². The van der Waals surface area contributed by atoms with E-state index < -0.39 is 5.54 Å². The van der Waals surface area contributed by atoms with E-state index in [4.69, 9.17) is 11.5 Å². The van der Waals surface area contributed by atoms with Gasteiger partial charge in [-0.1, -0.05) is 13.8 Å². The number of hydrogen-bond acceptors (Lipinski definition) is 3. The number of rotatable bonds is 4. The summed E-state index contributed by atoms with van der Waals surface area (Å²) in [5.41, 5.74) is 10.7. The third-order valence-electron chi connectivity index (χ3n) is 4.23. The molecule has 0 bridgehead atoms. The van der Waals surface area contributed by atoms with Crippen LogP contribution in [0.1, 0.15) is 46.5 Å². The number of primary amides is 1. The number of likely N-dealkylation sites (tertiary alicyclic amines) is 1.